The van der Waals surface area contributed by atoms with E-state index in [9.17, 15) is 38.4 Å². The van der Waals surface area contributed by atoms with Gasteiger partial charge in [-0.25, -0.2) is 38.2 Å². The highest BCUT2D eigenvalue weighted by Gasteiger charge is 2.63. The summed E-state index contributed by atoms with van der Waals surface area (Å²) in [6.07, 6.45) is 1.30. The number of amides is 5. The Bertz CT molecular complexity index is 2790. The standard InChI is InChI=1S/C52H60N8O12/c1-57(70-3)48(65)52-30-40(31-52)59-50(67)58(51(68)60(52)59)39-25-22-35(23-26-39)24-27-44(61)54-43(34-71-32-37-17-9-5-10-18-37)46(63)56-42(29-36-15-7-4-8-16-36)45(62)55-41(47(64)69-2)21-13-14-28-53-49(66)72-33-38-19-11-6-12-20-38/h4-12,15-20,22-23,25-26,40-43H,13-14,21,24,27-34H2,1-3H3,(H,53,66)(H,54,61)(H,55,62)(H,56,63)/t40?,41-,42-,43-,52?/m0/s1. The number of hydroxylamine groups is 2. The zero-order valence-corrected chi connectivity index (χ0v) is 40.5. The van der Waals surface area contributed by atoms with Gasteiger partial charge in [0.25, 0.3) is 5.91 Å². The largest absolute Gasteiger partial charge is 0.467 e. The number of alkyl carbamates (subject to hydrolysis) is 1. The highest BCUT2D eigenvalue weighted by atomic mass is 16.7. The lowest BCUT2D eigenvalue weighted by Gasteiger charge is -2.37. The highest BCUT2D eigenvalue weighted by molar-refractivity contribution is 5.94. The number of aryl methyl sites for hydroxylation is 1. The van der Waals surface area contributed by atoms with Crippen LogP contribution in [0.25, 0.3) is 5.69 Å². The van der Waals surface area contributed by atoms with Gasteiger partial charge in [-0.3, -0.25) is 24.0 Å². The summed E-state index contributed by atoms with van der Waals surface area (Å²) in [5, 5.41) is 12.0. The Kier molecular flexibility index (Phi) is 17.6. The van der Waals surface area contributed by atoms with Gasteiger partial charge in [0.05, 0.1) is 39.2 Å². The van der Waals surface area contributed by atoms with Crippen LogP contribution in [-0.4, -0.2) is 107 Å². The van der Waals surface area contributed by atoms with Crippen LogP contribution in [0, 0.1) is 0 Å². The number of carbonyl (C=O) groups is 6. The van der Waals surface area contributed by atoms with Crippen LogP contribution in [0.3, 0.4) is 0 Å². The van der Waals surface area contributed by atoms with Crippen molar-refractivity contribution in [3.63, 3.8) is 0 Å². The first-order valence-electron chi connectivity index (χ1n) is 23.8. The van der Waals surface area contributed by atoms with Crippen molar-refractivity contribution >= 4 is 35.7 Å². The Labute approximate surface area is 415 Å². The molecule has 380 valence electrons. The zero-order chi connectivity index (χ0) is 51.2. The van der Waals surface area contributed by atoms with Gasteiger partial charge in [0.1, 0.15) is 24.7 Å². The van der Waals surface area contributed by atoms with E-state index < -0.39 is 70.7 Å². The molecular weight excluding hydrogens is 929 g/mol. The summed E-state index contributed by atoms with van der Waals surface area (Å²) in [6, 6.07) is 30.2. The minimum Gasteiger partial charge on any atom is -0.467 e. The number of hydrogen-bond acceptors (Lipinski definition) is 12. The second-order valence-electron chi connectivity index (χ2n) is 17.7. The average Bonchev–Trinajstić information content (AvgIpc) is 4.01. The van der Waals surface area contributed by atoms with E-state index in [2.05, 4.69) is 21.3 Å². The third-order valence-corrected chi connectivity index (χ3v) is 12.8. The third kappa shape index (κ3) is 12.5. The summed E-state index contributed by atoms with van der Waals surface area (Å²) in [6.45, 7) is 0.257. The first kappa shape index (κ1) is 52.0. The van der Waals surface area contributed by atoms with Crippen molar-refractivity contribution in [1.82, 2.24) is 40.3 Å². The van der Waals surface area contributed by atoms with Gasteiger partial charge >= 0.3 is 23.4 Å². The molecule has 4 aromatic carbocycles. The van der Waals surface area contributed by atoms with E-state index >= 15 is 0 Å². The number of unbranched alkanes of at least 4 members (excludes halogenated alkanes) is 1. The summed E-state index contributed by atoms with van der Waals surface area (Å²) in [7, 11) is 4.01. The van der Waals surface area contributed by atoms with Gasteiger partial charge < -0.3 is 35.5 Å². The van der Waals surface area contributed by atoms with Gasteiger partial charge in [0, 0.05) is 39.3 Å². The Morgan fingerprint density at radius 1 is 0.694 bits per heavy atom. The minimum absolute atomic E-state index is 0.0400. The fourth-order valence-electron chi connectivity index (χ4n) is 8.91. The molecule has 4 N–H and O–H groups in total. The van der Waals surface area contributed by atoms with Crippen LogP contribution in [0.2, 0.25) is 0 Å². The van der Waals surface area contributed by atoms with Crippen molar-refractivity contribution in [2.75, 3.05) is 34.4 Å². The first-order chi connectivity index (χ1) is 34.8. The SMILES string of the molecule is COC(=O)[C@H](CCCCNC(=O)OCc1ccccc1)NC(=O)[C@H](Cc1ccccc1)NC(=O)[C@H](COCc1ccccc1)NC(=O)CCc1ccc(-n2c(=O)n3n(c2=O)C2(C(=O)N(C)OC)CC3C2)cc1. The molecule has 3 atom stereocenters. The van der Waals surface area contributed by atoms with Crippen LogP contribution in [0.15, 0.2) is 125 Å². The van der Waals surface area contributed by atoms with Crippen molar-refractivity contribution in [2.24, 2.45) is 0 Å². The number of likely N-dealkylation sites (N-methyl/N-ethyl adjacent to an activating group) is 1. The van der Waals surface area contributed by atoms with Crippen molar-refractivity contribution in [3.8, 4) is 5.69 Å². The summed E-state index contributed by atoms with van der Waals surface area (Å²) < 4.78 is 19.8. The van der Waals surface area contributed by atoms with E-state index in [1.807, 2.05) is 66.7 Å². The quantitative estimate of drug-likeness (QED) is 0.0375. The molecule has 5 amide bonds. The maximum atomic E-state index is 14.2. The van der Waals surface area contributed by atoms with Crippen molar-refractivity contribution in [3.05, 3.63) is 158 Å². The number of nitrogens with one attached hydrogen (secondary N) is 4. The van der Waals surface area contributed by atoms with Crippen LogP contribution in [-0.2, 0) is 74.6 Å². The van der Waals surface area contributed by atoms with E-state index in [0.29, 0.717) is 42.5 Å². The van der Waals surface area contributed by atoms with Crippen LogP contribution in [0.1, 0.15) is 66.8 Å². The second kappa shape index (κ2) is 24.3. The van der Waals surface area contributed by atoms with E-state index in [1.54, 1.807) is 48.5 Å². The predicted molar refractivity (Wildman–Crippen MR) is 261 cm³/mol. The molecule has 3 heterocycles. The second-order valence-corrected chi connectivity index (χ2v) is 17.7. The molecule has 2 aliphatic heterocycles. The predicted octanol–water partition coefficient (Wildman–Crippen LogP) is 2.98. The van der Waals surface area contributed by atoms with Crippen molar-refractivity contribution in [1.29, 1.82) is 0 Å². The maximum Gasteiger partial charge on any atom is 0.407 e. The molecule has 0 unspecified atom stereocenters. The zero-order valence-electron chi connectivity index (χ0n) is 40.5. The monoisotopic (exact) mass is 988 g/mol. The molecule has 0 saturated heterocycles. The van der Waals surface area contributed by atoms with Crippen molar-refractivity contribution in [2.45, 2.75) is 94.3 Å². The highest BCUT2D eigenvalue weighted by Crippen LogP contribution is 2.52. The lowest BCUT2D eigenvalue weighted by Crippen LogP contribution is -2.57. The van der Waals surface area contributed by atoms with Gasteiger partial charge in [-0.1, -0.05) is 103 Å². The molecule has 0 radical (unpaired) electrons. The summed E-state index contributed by atoms with van der Waals surface area (Å²) in [5.74, 6) is -2.98. The lowest BCUT2D eigenvalue weighted by atomic mass is 9.74. The molecule has 20 heteroatoms. The van der Waals surface area contributed by atoms with Crippen LogP contribution >= 0.6 is 0 Å². The van der Waals surface area contributed by atoms with Crippen molar-refractivity contribution < 1.29 is 47.8 Å². The normalized spacial score (nSPS) is 16.5. The molecule has 3 aliphatic rings. The molecule has 1 saturated carbocycles. The maximum absolute atomic E-state index is 14.2. The molecule has 8 rings (SSSR count). The first-order valence-corrected chi connectivity index (χ1v) is 23.8. The molecule has 72 heavy (non-hydrogen) atoms. The van der Waals surface area contributed by atoms with E-state index in [0.717, 1.165) is 20.8 Å². The number of benzene rings is 4. The molecule has 1 aromatic heterocycles. The Hall–Kier alpha value is -7.84. The summed E-state index contributed by atoms with van der Waals surface area (Å²) in [5.41, 5.74) is 0.981. The minimum atomic E-state index is -1.25. The van der Waals surface area contributed by atoms with E-state index in [1.165, 1.54) is 30.6 Å². The number of carbonyl (C=O) groups excluding carboxylic acids is 6. The van der Waals surface area contributed by atoms with Crippen LogP contribution in [0.4, 0.5) is 4.79 Å². The van der Waals surface area contributed by atoms with Crippen LogP contribution in [0.5, 0.6) is 0 Å². The number of methoxy groups -OCH3 is 1. The molecular formula is C52H60N8O12. The molecule has 1 fully saturated rings. The number of hydrogen-bond donors (Lipinski definition) is 4. The number of ether oxygens (including phenoxy) is 3. The fourth-order valence-corrected chi connectivity index (χ4v) is 8.91. The number of nitrogens with zero attached hydrogens (tertiary/aromatic N) is 4. The summed E-state index contributed by atoms with van der Waals surface area (Å²) >= 11 is 0. The smallest absolute Gasteiger partial charge is 0.407 e. The molecule has 5 aromatic rings. The van der Waals surface area contributed by atoms with Gasteiger partial charge in [-0.05, 0) is 60.1 Å². The van der Waals surface area contributed by atoms with E-state index in [4.69, 9.17) is 19.0 Å². The van der Waals surface area contributed by atoms with Gasteiger partial charge in [-0.2, -0.15) is 0 Å². The van der Waals surface area contributed by atoms with Crippen LogP contribution < -0.4 is 32.6 Å². The fraction of sp³-hybridized carbons (Fsp3) is 0.385. The average molecular weight is 989 g/mol. The summed E-state index contributed by atoms with van der Waals surface area (Å²) in [4.78, 5) is 113. The Morgan fingerprint density at radius 2 is 1.29 bits per heavy atom. The number of rotatable bonds is 25. The molecule has 2 bridgehead atoms. The number of esters is 1. The Balaban J connectivity index is 0.981. The topological polar surface area (TPSA) is 240 Å². The third-order valence-electron chi connectivity index (χ3n) is 12.8. The molecule has 1 aliphatic carbocycles. The van der Waals surface area contributed by atoms with E-state index in [-0.39, 0.29) is 58.1 Å². The van der Waals surface area contributed by atoms with Gasteiger partial charge in [0.15, 0.2) is 5.54 Å². The van der Waals surface area contributed by atoms with Gasteiger partial charge in [-0.15, -0.1) is 0 Å². The van der Waals surface area contributed by atoms with Gasteiger partial charge in [0.2, 0.25) is 17.7 Å². The molecule has 20 nitrogen and oxygen atoms in total. The number of aromatic nitrogens is 3. The lowest BCUT2D eigenvalue weighted by molar-refractivity contribution is -0.182. The Morgan fingerprint density at radius 3 is 1.92 bits per heavy atom. The molecule has 0 spiro atoms.